The van der Waals surface area contributed by atoms with Crippen LogP contribution in [0.25, 0.3) is 0 Å². The number of hydrogen-bond donors (Lipinski definition) is 3. The number of benzene rings is 1. The summed E-state index contributed by atoms with van der Waals surface area (Å²) in [7, 11) is -4.14. The highest BCUT2D eigenvalue weighted by molar-refractivity contribution is 7.52. The van der Waals surface area contributed by atoms with Crippen molar-refractivity contribution in [2.45, 2.75) is 45.2 Å². The quantitative estimate of drug-likeness (QED) is 0.321. The summed E-state index contributed by atoms with van der Waals surface area (Å²) in [4.78, 5) is 37.7. The summed E-state index contributed by atoms with van der Waals surface area (Å²) in [6, 6.07) is 8.36. The van der Waals surface area contributed by atoms with E-state index in [4.69, 9.17) is 18.5 Å². The number of aliphatic hydroxyl groups is 1. The van der Waals surface area contributed by atoms with Gasteiger partial charge >= 0.3 is 19.4 Å². The molecule has 0 amide bonds. The number of nitrogens with zero attached hydrogens (tertiary/aromatic N) is 1. The summed E-state index contributed by atoms with van der Waals surface area (Å²) in [5, 5.41) is 13.2. The molecule has 3 rings (SSSR count). The lowest BCUT2D eigenvalue weighted by Crippen LogP contribution is -2.36. The minimum absolute atomic E-state index is 0.140. The van der Waals surface area contributed by atoms with Crippen LogP contribution in [0.4, 0.5) is 0 Å². The molecule has 2 heterocycles. The van der Waals surface area contributed by atoms with Crippen LogP contribution < -0.4 is 20.9 Å². The summed E-state index contributed by atoms with van der Waals surface area (Å²) in [5.74, 6) is -0.974. The summed E-state index contributed by atoms with van der Waals surface area (Å²) < 4.78 is 36.5. The van der Waals surface area contributed by atoms with Crippen LogP contribution in [0, 0.1) is 5.92 Å². The van der Waals surface area contributed by atoms with Crippen molar-refractivity contribution in [3.63, 3.8) is 0 Å². The maximum atomic E-state index is 13.5. The molecule has 1 fully saturated rings. The molecule has 0 saturated carbocycles. The van der Waals surface area contributed by atoms with Gasteiger partial charge < -0.3 is 19.1 Å². The third-order valence-electron chi connectivity index (χ3n) is 5.18. The van der Waals surface area contributed by atoms with E-state index < -0.39 is 55.4 Å². The van der Waals surface area contributed by atoms with Crippen LogP contribution in [0.15, 0.2) is 52.2 Å². The predicted molar refractivity (Wildman–Crippen MR) is 120 cm³/mol. The lowest BCUT2D eigenvalue weighted by molar-refractivity contribution is -0.144. The normalized spacial score (nSPS) is 24.8. The molecule has 1 aliphatic heterocycles. The summed E-state index contributed by atoms with van der Waals surface area (Å²) in [6.45, 7) is 4.51. The van der Waals surface area contributed by atoms with Crippen LogP contribution in [-0.4, -0.2) is 52.1 Å². The van der Waals surface area contributed by atoms with E-state index in [0.29, 0.717) is 0 Å². The van der Waals surface area contributed by atoms with Crippen LogP contribution in [0.3, 0.4) is 0 Å². The van der Waals surface area contributed by atoms with Gasteiger partial charge in [0.1, 0.15) is 24.1 Å². The van der Waals surface area contributed by atoms with E-state index in [2.05, 4.69) is 10.1 Å². The maximum Gasteiger partial charge on any atom is 0.459 e. The number of hydrogen-bond acceptors (Lipinski definition) is 9. The number of aromatic amines is 1. The first-order chi connectivity index (χ1) is 16.1. The third kappa shape index (κ3) is 6.22. The molecule has 0 bridgehead atoms. The van der Waals surface area contributed by atoms with Gasteiger partial charge in [0.25, 0.3) is 5.56 Å². The second kappa shape index (κ2) is 11.1. The van der Waals surface area contributed by atoms with E-state index in [9.17, 15) is 24.1 Å². The van der Waals surface area contributed by atoms with Crippen molar-refractivity contribution in [1.82, 2.24) is 14.6 Å². The van der Waals surface area contributed by atoms with Gasteiger partial charge in [-0.05, 0) is 26.0 Å². The Morgan fingerprint density at radius 1 is 1.29 bits per heavy atom. The Morgan fingerprint density at radius 2 is 2.00 bits per heavy atom. The Hall–Kier alpha value is -2.76. The maximum absolute atomic E-state index is 13.5. The fraction of sp³-hybridized carbons (Fsp3) is 0.476. The molecule has 1 aliphatic rings. The van der Waals surface area contributed by atoms with Gasteiger partial charge in [0, 0.05) is 18.2 Å². The Labute approximate surface area is 195 Å². The topological polar surface area (TPSA) is 158 Å². The molecule has 3 N–H and O–H groups in total. The fourth-order valence-corrected chi connectivity index (χ4v) is 4.92. The molecule has 12 nitrogen and oxygen atoms in total. The average Bonchev–Trinajstić information content (AvgIpc) is 3.07. The Bertz CT molecular complexity index is 1140. The van der Waals surface area contributed by atoms with Crippen molar-refractivity contribution >= 4 is 13.7 Å². The molecule has 1 aromatic carbocycles. The van der Waals surface area contributed by atoms with E-state index >= 15 is 0 Å². The molecule has 34 heavy (non-hydrogen) atoms. The Morgan fingerprint density at radius 3 is 2.65 bits per heavy atom. The summed E-state index contributed by atoms with van der Waals surface area (Å²) in [5.41, 5.74) is -1.26. The van der Waals surface area contributed by atoms with Crippen LogP contribution in [0.2, 0.25) is 0 Å². The van der Waals surface area contributed by atoms with Gasteiger partial charge in [-0.2, -0.15) is 5.09 Å². The van der Waals surface area contributed by atoms with Crippen LogP contribution >= 0.6 is 7.75 Å². The summed E-state index contributed by atoms with van der Waals surface area (Å²) in [6.07, 6.45) is -1.69. The van der Waals surface area contributed by atoms with Crippen molar-refractivity contribution in [3.8, 4) is 5.75 Å². The van der Waals surface area contributed by atoms with Crippen molar-refractivity contribution in [3.05, 3.63) is 63.4 Å². The van der Waals surface area contributed by atoms with Crippen molar-refractivity contribution in [2.24, 2.45) is 5.92 Å². The first-order valence-electron chi connectivity index (χ1n) is 10.7. The van der Waals surface area contributed by atoms with E-state index in [0.717, 1.165) is 10.6 Å². The lowest BCUT2D eigenvalue weighted by atomic mass is 10.0. The number of para-hydroxylation sites is 1. The molecular formula is C21H28N3O9P. The molecule has 0 spiro atoms. The highest BCUT2D eigenvalue weighted by atomic mass is 31.2. The third-order valence-corrected chi connectivity index (χ3v) is 6.82. The Kier molecular flexibility index (Phi) is 8.45. The van der Waals surface area contributed by atoms with E-state index in [-0.39, 0.29) is 19.0 Å². The molecular weight excluding hydrogens is 469 g/mol. The monoisotopic (exact) mass is 497 g/mol. The SMILES string of the molecule is CCOC(=O)C(C)NP(=O)(OCC1OC(n2ccc(=O)[nH]c2=O)C(C)C1O)Oc1ccccc1. The zero-order valence-electron chi connectivity index (χ0n) is 19.0. The predicted octanol–water partition coefficient (Wildman–Crippen LogP) is 1.18. The van der Waals surface area contributed by atoms with Gasteiger partial charge in [-0.1, -0.05) is 25.1 Å². The second-order valence-electron chi connectivity index (χ2n) is 7.73. The van der Waals surface area contributed by atoms with Crippen molar-refractivity contribution in [2.75, 3.05) is 13.2 Å². The number of rotatable bonds is 10. The van der Waals surface area contributed by atoms with Gasteiger partial charge in [0.2, 0.25) is 0 Å². The highest BCUT2D eigenvalue weighted by Gasteiger charge is 2.44. The molecule has 6 atom stereocenters. The van der Waals surface area contributed by atoms with Crippen molar-refractivity contribution < 1.29 is 33.0 Å². The number of ether oxygens (including phenoxy) is 2. The largest absolute Gasteiger partial charge is 0.465 e. The van der Waals surface area contributed by atoms with Crippen LogP contribution in [0.1, 0.15) is 27.0 Å². The minimum Gasteiger partial charge on any atom is -0.465 e. The first kappa shape index (κ1) is 25.9. The van der Waals surface area contributed by atoms with Crippen molar-refractivity contribution in [1.29, 1.82) is 0 Å². The van der Waals surface area contributed by atoms with E-state index in [1.54, 1.807) is 44.2 Å². The smallest absolute Gasteiger partial charge is 0.459 e. The fourth-order valence-electron chi connectivity index (χ4n) is 3.41. The minimum atomic E-state index is -4.14. The van der Waals surface area contributed by atoms with Gasteiger partial charge in [-0.3, -0.25) is 23.7 Å². The Balaban J connectivity index is 1.75. The van der Waals surface area contributed by atoms with E-state index in [1.165, 1.54) is 13.1 Å². The van der Waals surface area contributed by atoms with Crippen LogP contribution in [-0.2, 0) is 23.4 Å². The number of H-pyrrole nitrogens is 1. The number of carbonyl (C=O) groups excluding carboxylic acids is 1. The van der Waals surface area contributed by atoms with Gasteiger partial charge in [0.05, 0.1) is 19.3 Å². The summed E-state index contributed by atoms with van der Waals surface area (Å²) >= 11 is 0. The molecule has 186 valence electrons. The average molecular weight is 497 g/mol. The van der Waals surface area contributed by atoms with E-state index in [1.807, 2.05) is 0 Å². The van der Waals surface area contributed by atoms with Crippen LogP contribution in [0.5, 0.6) is 5.75 Å². The molecule has 2 aromatic rings. The number of esters is 1. The number of carbonyl (C=O) groups is 1. The molecule has 0 aliphatic carbocycles. The lowest BCUT2D eigenvalue weighted by Gasteiger charge is -2.24. The number of nitrogens with one attached hydrogen (secondary N) is 2. The molecule has 0 radical (unpaired) electrons. The highest BCUT2D eigenvalue weighted by Crippen LogP contribution is 2.46. The first-order valence-corrected chi connectivity index (χ1v) is 12.3. The number of aliphatic hydroxyl groups excluding tert-OH is 1. The second-order valence-corrected chi connectivity index (χ2v) is 9.43. The standard InChI is InChI=1S/C21H28N3O9P/c1-4-30-20(27)14(3)23-34(29,33-15-8-6-5-7-9-15)31-12-16-18(26)13(2)19(32-16)24-11-10-17(25)22-21(24)28/h5-11,13-14,16,18-19,26H,4,12H2,1-3H3,(H,23,29)(H,22,25,28). The van der Waals surface area contributed by atoms with Gasteiger partial charge in [-0.25, -0.2) is 9.36 Å². The zero-order valence-corrected chi connectivity index (χ0v) is 19.8. The molecule has 1 aromatic heterocycles. The molecule has 6 unspecified atom stereocenters. The molecule has 13 heteroatoms. The van der Waals surface area contributed by atoms with Gasteiger partial charge in [-0.15, -0.1) is 0 Å². The van der Waals surface area contributed by atoms with Gasteiger partial charge in [0.15, 0.2) is 0 Å². The molecule has 1 saturated heterocycles. The number of aromatic nitrogens is 2. The zero-order chi connectivity index (χ0) is 24.9.